The fourth-order valence-corrected chi connectivity index (χ4v) is 3.91. The first-order valence-electron chi connectivity index (χ1n) is 9.70. The summed E-state index contributed by atoms with van der Waals surface area (Å²) in [6.07, 6.45) is 2.88. The number of carbonyl (C=O) groups excluding carboxylic acids is 2. The molecule has 0 bridgehead atoms. The normalized spacial score (nSPS) is 21.3. The maximum Gasteiger partial charge on any atom is 0.258 e. The van der Waals surface area contributed by atoms with Crippen molar-refractivity contribution in [3.8, 4) is 0 Å². The summed E-state index contributed by atoms with van der Waals surface area (Å²) >= 11 is 0. The predicted octanol–water partition coefficient (Wildman–Crippen LogP) is 2.35. The van der Waals surface area contributed by atoms with Crippen molar-refractivity contribution in [2.75, 3.05) is 22.1 Å². The summed E-state index contributed by atoms with van der Waals surface area (Å²) in [7, 11) is 0. The molecule has 0 unspecified atom stereocenters. The van der Waals surface area contributed by atoms with Crippen LogP contribution in [0, 0.1) is 5.82 Å². The van der Waals surface area contributed by atoms with Crippen LogP contribution in [-0.4, -0.2) is 34.4 Å². The highest BCUT2D eigenvalue weighted by Crippen LogP contribution is 2.31. The number of amides is 2. The topological polar surface area (TPSA) is 107 Å². The standard InChI is InChI=1S/C20H22FN5O3/c1-11-6-4-5-9-26(11)20-24-17-16(19(29)25-20)12(10-15(27)23-17)18(28)22-14-8-3-2-7-13(14)21/h2-3,7-8,11-12H,4-6,9-10H2,1H3,(H,22,28)(H2,23,24,25,27,29)/t11-,12-/m0/s1. The molecule has 152 valence electrons. The maximum atomic E-state index is 13.9. The molecule has 1 fully saturated rings. The van der Waals surface area contributed by atoms with Crippen LogP contribution in [0.15, 0.2) is 29.1 Å². The molecule has 2 aliphatic rings. The molecule has 3 N–H and O–H groups in total. The van der Waals surface area contributed by atoms with Crippen LogP contribution in [0.3, 0.4) is 0 Å². The Bertz CT molecular complexity index is 1020. The van der Waals surface area contributed by atoms with Crippen molar-refractivity contribution >= 4 is 29.3 Å². The molecule has 29 heavy (non-hydrogen) atoms. The van der Waals surface area contributed by atoms with Gasteiger partial charge in [0.1, 0.15) is 11.6 Å². The molecule has 2 atom stereocenters. The molecular weight excluding hydrogens is 377 g/mol. The number of benzene rings is 1. The van der Waals surface area contributed by atoms with Gasteiger partial charge in [0.2, 0.25) is 17.8 Å². The molecule has 2 aromatic rings. The van der Waals surface area contributed by atoms with Crippen LogP contribution < -0.4 is 21.1 Å². The molecule has 2 aliphatic heterocycles. The van der Waals surface area contributed by atoms with Crippen LogP contribution in [0.4, 0.5) is 21.8 Å². The van der Waals surface area contributed by atoms with Gasteiger partial charge < -0.3 is 15.5 Å². The lowest BCUT2D eigenvalue weighted by molar-refractivity contribution is -0.123. The van der Waals surface area contributed by atoms with Gasteiger partial charge >= 0.3 is 0 Å². The SMILES string of the molecule is C[C@H]1CCCCN1c1nc2c(c(=O)[nH]1)[C@@H](C(=O)Nc1ccccc1F)CC(=O)N2. The van der Waals surface area contributed by atoms with Gasteiger partial charge in [0.25, 0.3) is 5.56 Å². The summed E-state index contributed by atoms with van der Waals surface area (Å²) in [5.41, 5.74) is -0.392. The summed E-state index contributed by atoms with van der Waals surface area (Å²) in [4.78, 5) is 47.0. The van der Waals surface area contributed by atoms with E-state index in [9.17, 15) is 18.8 Å². The van der Waals surface area contributed by atoms with Crippen molar-refractivity contribution in [1.29, 1.82) is 0 Å². The lowest BCUT2D eigenvalue weighted by Gasteiger charge is -2.34. The van der Waals surface area contributed by atoms with Crippen LogP contribution in [-0.2, 0) is 9.59 Å². The van der Waals surface area contributed by atoms with E-state index in [1.54, 1.807) is 6.07 Å². The Labute approximate surface area is 166 Å². The van der Waals surface area contributed by atoms with E-state index in [4.69, 9.17) is 0 Å². The summed E-state index contributed by atoms with van der Waals surface area (Å²) in [6, 6.07) is 5.94. The molecule has 0 saturated carbocycles. The molecule has 0 spiro atoms. The van der Waals surface area contributed by atoms with Crippen molar-refractivity contribution in [3.05, 3.63) is 46.0 Å². The molecule has 9 heteroatoms. The molecule has 0 aliphatic carbocycles. The molecule has 2 amide bonds. The van der Waals surface area contributed by atoms with Gasteiger partial charge in [-0.25, -0.2) is 4.39 Å². The van der Waals surface area contributed by atoms with Gasteiger partial charge in [-0.1, -0.05) is 12.1 Å². The van der Waals surface area contributed by atoms with Crippen LogP contribution in [0.1, 0.15) is 44.1 Å². The fraction of sp³-hybridized carbons (Fsp3) is 0.400. The first-order chi connectivity index (χ1) is 13.9. The Morgan fingerprint density at radius 2 is 2.07 bits per heavy atom. The molecular formula is C20H22FN5O3. The number of fused-ring (bicyclic) bond motifs is 1. The maximum absolute atomic E-state index is 13.9. The summed E-state index contributed by atoms with van der Waals surface area (Å²) in [6.45, 7) is 2.82. The van der Waals surface area contributed by atoms with Crippen molar-refractivity contribution in [3.63, 3.8) is 0 Å². The van der Waals surface area contributed by atoms with Crippen molar-refractivity contribution < 1.29 is 14.0 Å². The smallest absolute Gasteiger partial charge is 0.258 e. The number of halogens is 1. The highest BCUT2D eigenvalue weighted by atomic mass is 19.1. The van der Waals surface area contributed by atoms with Gasteiger partial charge in [-0.05, 0) is 38.3 Å². The Kier molecular flexibility index (Phi) is 5.04. The highest BCUT2D eigenvalue weighted by molar-refractivity contribution is 6.04. The highest BCUT2D eigenvalue weighted by Gasteiger charge is 2.35. The van der Waals surface area contributed by atoms with E-state index in [1.807, 2.05) is 4.90 Å². The quantitative estimate of drug-likeness (QED) is 0.734. The van der Waals surface area contributed by atoms with E-state index < -0.39 is 29.1 Å². The number of rotatable bonds is 3. The van der Waals surface area contributed by atoms with Crippen molar-refractivity contribution in [2.24, 2.45) is 0 Å². The first-order valence-corrected chi connectivity index (χ1v) is 9.70. The Balaban J connectivity index is 1.67. The number of aromatic nitrogens is 2. The minimum absolute atomic E-state index is 0.00631. The number of nitrogens with zero attached hydrogens (tertiary/aromatic N) is 2. The molecule has 1 aromatic heterocycles. The van der Waals surface area contributed by atoms with Crippen molar-refractivity contribution in [1.82, 2.24) is 9.97 Å². The zero-order valence-corrected chi connectivity index (χ0v) is 16.0. The third-order valence-electron chi connectivity index (χ3n) is 5.46. The van der Waals surface area contributed by atoms with E-state index in [-0.39, 0.29) is 29.5 Å². The Morgan fingerprint density at radius 3 is 2.83 bits per heavy atom. The first kappa shape index (κ1) is 19.1. The molecule has 0 radical (unpaired) electrons. The Hall–Kier alpha value is -3.23. The van der Waals surface area contributed by atoms with Crippen LogP contribution >= 0.6 is 0 Å². The largest absolute Gasteiger partial charge is 0.340 e. The van der Waals surface area contributed by atoms with Crippen LogP contribution in [0.5, 0.6) is 0 Å². The molecule has 3 heterocycles. The molecule has 1 aromatic carbocycles. The fourth-order valence-electron chi connectivity index (χ4n) is 3.91. The number of aromatic amines is 1. The third kappa shape index (κ3) is 3.72. The van der Waals surface area contributed by atoms with Crippen molar-refractivity contribution in [2.45, 2.75) is 44.6 Å². The van der Waals surface area contributed by atoms with E-state index in [2.05, 4.69) is 27.5 Å². The van der Waals surface area contributed by atoms with Gasteiger partial charge in [0.05, 0.1) is 17.2 Å². The molecule has 8 nitrogen and oxygen atoms in total. The second kappa shape index (κ2) is 7.65. The molecule has 1 saturated heterocycles. The van der Waals surface area contributed by atoms with E-state index in [0.717, 1.165) is 25.8 Å². The number of piperidine rings is 1. The summed E-state index contributed by atoms with van der Waals surface area (Å²) in [5, 5.41) is 5.07. The van der Waals surface area contributed by atoms with Gasteiger partial charge in [-0.3, -0.25) is 19.4 Å². The van der Waals surface area contributed by atoms with Gasteiger partial charge in [-0.15, -0.1) is 0 Å². The zero-order chi connectivity index (χ0) is 20.5. The predicted molar refractivity (Wildman–Crippen MR) is 107 cm³/mol. The number of hydrogen-bond donors (Lipinski definition) is 3. The summed E-state index contributed by atoms with van der Waals surface area (Å²) in [5.74, 6) is -2.22. The number of H-pyrrole nitrogens is 1. The van der Waals surface area contributed by atoms with Crippen LogP contribution in [0.25, 0.3) is 0 Å². The number of carbonyl (C=O) groups is 2. The van der Waals surface area contributed by atoms with E-state index in [0.29, 0.717) is 5.95 Å². The number of hydrogen-bond acceptors (Lipinski definition) is 5. The lowest BCUT2D eigenvalue weighted by atomic mass is 9.92. The zero-order valence-electron chi connectivity index (χ0n) is 16.0. The second-order valence-electron chi connectivity index (χ2n) is 7.46. The minimum Gasteiger partial charge on any atom is -0.340 e. The molecule has 4 rings (SSSR count). The van der Waals surface area contributed by atoms with Gasteiger partial charge in [0, 0.05) is 19.0 Å². The third-order valence-corrected chi connectivity index (χ3v) is 5.46. The average Bonchev–Trinajstić information content (AvgIpc) is 2.69. The monoisotopic (exact) mass is 399 g/mol. The number of anilines is 3. The van der Waals surface area contributed by atoms with E-state index >= 15 is 0 Å². The van der Waals surface area contributed by atoms with Crippen LogP contribution in [0.2, 0.25) is 0 Å². The lowest BCUT2D eigenvalue weighted by Crippen LogP contribution is -2.42. The van der Waals surface area contributed by atoms with E-state index in [1.165, 1.54) is 18.2 Å². The van der Waals surface area contributed by atoms with Gasteiger partial charge in [0.15, 0.2) is 0 Å². The second-order valence-corrected chi connectivity index (χ2v) is 7.46. The number of para-hydroxylation sites is 1. The van der Waals surface area contributed by atoms with Gasteiger partial charge in [-0.2, -0.15) is 4.98 Å². The average molecular weight is 399 g/mol. The Morgan fingerprint density at radius 1 is 1.28 bits per heavy atom. The summed E-state index contributed by atoms with van der Waals surface area (Å²) < 4.78 is 13.9. The minimum atomic E-state index is -1.05. The number of nitrogens with one attached hydrogen (secondary N) is 3.